The third-order valence-electron chi connectivity index (χ3n) is 4.40. The van der Waals surface area contributed by atoms with E-state index in [1.165, 1.54) is 0 Å². The predicted molar refractivity (Wildman–Crippen MR) is 95.8 cm³/mol. The first-order chi connectivity index (χ1) is 12.2. The Morgan fingerprint density at radius 1 is 1.28 bits per heavy atom. The zero-order valence-electron chi connectivity index (χ0n) is 13.9. The fourth-order valence-corrected chi connectivity index (χ4v) is 3.04. The highest BCUT2D eigenvalue weighted by atomic mass is 16.2. The number of benzene rings is 1. The molecule has 3 heterocycles. The highest BCUT2D eigenvalue weighted by Gasteiger charge is 2.30. The highest BCUT2D eigenvalue weighted by molar-refractivity contribution is 5.96. The number of hydrogen-bond acceptors (Lipinski definition) is 5. The molecule has 1 saturated heterocycles. The van der Waals surface area contributed by atoms with Gasteiger partial charge in [0.05, 0.1) is 22.8 Å². The van der Waals surface area contributed by atoms with E-state index in [0.29, 0.717) is 6.42 Å². The number of aryl methyl sites for hydroxylation is 1. The predicted octanol–water partition coefficient (Wildman–Crippen LogP) is 2.07. The van der Waals surface area contributed by atoms with E-state index in [2.05, 4.69) is 38.0 Å². The fraction of sp³-hybridized carbons (Fsp3) is 0.278. The first-order valence-corrected chi connectivity index (χ1v) is 8.44. The number of hydrazine groups is 1. The van der Waals surface area contributed by atoms with E-state index in [1.807, 2.05) is 36.4 Å². The number of pyridine rings is 1. The highest BCUT2D eigenvalue weighted by Crippen LogP contribution is 2.22. The Balaban J connectivity index is 1.43. The van der Waals surface area contributed by atoms with Crippen LogP contribution >= 0.6 is 0 Å². The van der Waals surface area contributed by atoms with Crippen molar-refractivity contribution in [2.75, 3.05) is 5.32 Å². The third-order valence-corrected chi connectivity index (χ3v) is 4.40. The Morgan fingerprint density at radius 3 is 3.00 bits per heavy atom. The summed E-state index contributed by atoms with van der Waals surface area (Å²) in [6.45, 7) is 2.05. The summed E-state index contributed by atoms with van der Waals surface area (Å²) in [5.74, 6) is 0.874. The molecule has 0 bridgehead atoms. The minimum atomic E-state index is -0.310. The van der Waals surface area contributed by atoms with Crippen LogP contribution < -0.4 is 16.2 Å². The number of amides is 1. The second-order valence-electron chi connectivity index (χ2n) is 6.14. The lowest BCUT2D eigenvalue weighted by atomic mass is 10.1. The summed E-state index contributed by atoms with van der Waals surface area (Å²) in [7, 11) is 0. The average Bonchev–Trinajstić information content (AvgIpc) is 3.29. The molecule has 4 rings (SSSR count). The normalized spacial score (nSPS) is 20.0. The number of anilines is 1. The van der Waals surface area contributed by atoms with E-state index < -0.39 is 0 Å². The van der Waals surface area contributed by atoms with Crippen LogP contribution in [0.1, 0.15) is 30.9 Å². The van der Waals surface area contributed by atoms with Crippen molar-refractivity contribution < 1.29 is 4.79 Å². The fourth-order valence-electron chi connectivity index (χ4n) is 3.04. The van der Waals surface area contributed by atoms with Gasteiger partial charge in [-0.3, -0.25) is 9.78 Å². The van der Waals surface area contributed by atoms with Gasteiger partial charge in [-0.25, -0.2) is 15.8 Å². The van der Waals surface area contributed by atoms with Crippen molar-refractivity contribution in [1.29, 1.82) is 0 Å². The van der Waals surface area contributed by atoms with Gasteiger partial charge in [0.1, 0.15) is 11.9 Å². The molecule has 0 aliphatic carbocycles. The lowest BCUT2D eigenvalue weighted by Gasteiger charge is -2.10. The maximum absolute atomic E-state index is 12.5. The Bertz CT molecular complexity index is 891. The van der Waals surface area contributed by atoms with Gasteiger partial charge in [-0.1, -0.05) is 13.0 Å². The van der Waals surface area contributed by atoms with Crippen LogP contribution in [-0.2, 0) is 11.2 Å². The summed E-state index contributed by atoms with van der Waals surface area (Å²) in [5, 5.41) is 2.97. The number of aromatic nitrogens is 3. The van der Waals surface area contributed by atoms with E-state index in [-0.39, 0.29) is 18.0 Å². The second-order valence-corrected chi connectivity index (χ2v) is 6.14. The number of rotatable bonds is 4. The Hall–Kier alpha value is -2.77. The number of fused-ring (bicyclic) bond motifs is 1. The van der Waals surface area contributed by atoms with Gasteiger partial charge in [-0.2, -0.15) is 0 Å². The SMILES string of the molecule is CCc1nc2ccc(NC(=O)C3CC(c4ccccn4)NN3)cc2[nH]1. The van der Waals surface area contributed by atoms with Crippen LogP contribution in [0.4, 0.5) is 5.69 Å². The molecule has 1 aromatic carbocycles. The van der Waals surface area contributed by atoms with Crippen LogP contribution in [0.2, 0.25) is 0 Å². The summed E-state index contributed by atoms with van der Waals surface area (Å²) >= 11 is 0. The topological polar surface area (TPSA) is 94.7 Å². The number of carbonyl (C=O) groups is 1. The van der Waals surface area contributed by atoms with Gasteiger partial charge >= 0.3 is 0 Å². The molecule has 2 aromatic heterocycles. The molecule has 0 saturated carbocycles. The smallest absolute Gasteiger partial charge is 0.242 e. The molecule has 1 aliphatic rings. The van der Waals surface area contributed by atoms with Crippen molar-refractivity contribution in [3.05, 3.63) is 54.1 Å². The number of nitrogens with zero attached hydrogens (tertiary/aromatic N) is 2. The number of carbonyl (C=O) groups excluding carboxylic acids is 1. The van der Waals surface area contributed by atoms with Crippen LogP contribution in [0.15, 0.2) is 42.6 Å². The molecule has 128 valence electrons. The number of H-pyrrole nitrogens is 1. The van der Waals surface area contributed by atoms with E-state index in [0.717, 1.165) is 34.7 Å². The van der Waals surface area contributed by atoms with Crippen LogP contribution in [0.3, 0.4) is 0 Å². The number of nitrogens with one attached hydrogen (secondary N) is 4. The van der Waals surface area contributed by atoms with Crippen molar-refractivity contribution >= 4 is 22.6 Å². The molecule has 1 fully saturated rings. The minimum absolute atomic E-state index is 0.0270. The van der Waals surface area contributed by atoms with Crippen LogP contribution in [0.25, 0.3) is 11.0 Å². The molecule has 0 spiro atoms. The number of imidazole rings is 1. The number of hydrogen-bond donors (Lipinski definition) is 4. The molecule has 1 amide bonds. The van der Waals surface area contributed by atoms with Crippen molar-refractivity contribution in [2.45, 2.75) is 31.8 Å². The largest absolute Gasteiger partial charge is 0.342 e. The zero-order valence-corrected chi connectivity index (χ0v) is 13.9. The molecular weight excluding hydrogens is 316 g/mol. The Morgan fingerprint density at radius 2 is 2.20 bits per heavy atom. The first kappa shape index (κ1) is 15.7. The third kappa shape index (κ3) is 3.24. The van der Waals surface area contributed by atoms with E-state index in [4.69, 9.17) is 0 Å². The molecule has 7 heteroatoms. The summed E-state index contributed by atoms with van der Waals surface area (Å²) < 4.78 is 0. The monoisotopic (exact) mass is 336 g/mol. The summed E-state index contributed by atoms with van der Waals surface area (Å²) in [6, 6.07) is 11.2. The second kappa shape index (κ2) is 6.62. The van der Waals surface area contributed by atoms with Crippen molar-refractivity contribution in [2.24, 2.45) is 0 Å². The van der Waals surface area contributed by atoms with Gasteiger partial charge in [0.15, 0.2) is 0 Å². The maximum Gasteiger partial charge on any atom is 0.242 e. The van der Waals surface area contributed by atoms with E-state index >= 15 is 0 Å². The van der Waals surface area contributed by atoms with Gasteiger partial charge in [-0.05, 0) is 36.8 Å². The first-order valence-electron chi connectivity index (χ1n) is 8.44. The van der Waals surface area contributed by atoms with Crippen LogP contribution in [-0.4, -0.2) is 26.9 Å². The quantitative estimate of drug-likeness (QED) is 0.585. The molecular formula is C18H20N6O. The van der Waals surface area contributed by atoms with Crippen molar-refractivity contribution in [3.8, 4) is 0 Å². The van der Waals surface area contributed by atoms with Crippen LogP contribution in [0.5, 0.6) is 0 Å². The van der Waals surface area contributed by atoms with Gasteiger partial charge in [-0.15, -0.1) is 0 Å². The molecule has 25 heavy (non-hydrogen) atoms. The average molecular weight is 336 g/mol. The lowest BCUT2D eigenvalue weighted by molar-refractivity contribution is -0.117. The lowest BCUT2D eigenvalue weighted by Crippen LogP contribution is -2.39. The van der Waals surface area contributed by atoms with Crippen LogP contribution in [0, 0.1) is 0 Å². The molecule has 7 nitrogen and oxygen atoms in total. The zero-order chi connectivity index (χ0) is 17.2. The van der Waals surface area contributed by atoms with E-state index in [1.54, 1.807) is 6.20 Å². The molecule has 3 aromatic rings. The summed E-state index contributed by atoms with van der Waals surface area (Å²) in [5.41, 5.74) is 9.71. The van der Waals surface area contributed by atoms with E-state index in [9.17, 15) is 4.79 Å². The maximum atomic E-state index is 12.5. The van der Waals surface area contributed by atoms with Gasteiger partial charge < -0.3 is 10.3 Å². The van der Waals surface area contributed by atoms with Crippen molar-refractivity contribution in [3.63, 3.8) is 0 Å². The molecule has 0 radical (unpaired) electrons. The van der Waals surface area contributed by atoms with Gasteiger partial charge in [0.2, 0.25) is 5.91 Å². The summed E-state index contributed by atoms with van der Waals surface area (Å²) in [4.78, 5) is 24.6. The van der Waals surface area contributed by atoms with Gasteiger partial charge in [0.25, 0.3) is 0 Å². The molecule has 1 aliphatic heterocycles. The standard InChI is InChI=1S/C18H20N6O/c1-2-17-21-13-7-6-11(9-14(13)22-17)20-18(25)16-10-15(23-24-16)12-5-3-4-8-19-12/h3-9,15-16,23-24H,2,10H2,1H3,(H,20,25)(H,21,22). The van der Waals surface area contributed by atoms with Crippen molar-refractivity contribution in [1.82, 2.24) is 25.8 Å². The number of aromatic amines is 1. The molecule has 4 N–H and O–H groups in total. The molecule has 2 atom stereocenters. The Kier molecular flexibility index (Phi) is 4.17. The minimum Gasteiger partial charge on any atom is -0.342 e. The Labute approximate surface area is 145 Å². The van der Waals surface area contributed by atoms with Gasteiger partial charge in [0, 0.05) is 18.3 Å². The molecule has 2 unspecified atom stereocenters. The summed E-state index contributed by atoms with van der Waals surface area (Å²) in [6.07, 6.45) is 3.26.